The second-order valence-electron chi connectivity index (χ2n) is 2.82. The van der Waals surface area contributed by atoms with Crippen LogP contribution in [0.2, 0.25) is 0 Å². The fourth-order valence-electron chi connectivity index (χ4n) is 1.26. The maximum atomic E-state index is 12.6. The highest BCUT2D eigenvalue weighted by atomic mass is 35.5. The predicted octanol–water partition coefficient (Wildman–Crippen LogP) is 2.41. The standard InChI is InChI=1S/C9H8ClF2N3/c10-3-5-7(1-2-13)15-4-6(14)8(5)9(11)12/h4,9H,1,3,14H2. The average molecular weight is 232 g/mol. The summed E-state index contributed by atoms with van der Waals surface area (Å²) in [5.41, 5.74) is 5.39. The number of nitrogens with zero attached hydrogens (tertiary/aromatic N) is 2. The molecule has 0 aliphatic carbocycles. The third-order valence-corrected chi connectivity index (χ3v) is 2.21. The number of hydrogen-bond donors (Lipinski definition) is 1. The first-order chi connectivity index (χ1) is 7.11. The number of hydrogen-bond acceptors (Lipinski definition) is 3. The van der Waals surface area contributed by atoms with Crippen LogP contribution >= 0.6 is 11.6 Å². The van der Waals surface area contributed by atoms with Gasteiger partial charge in [-0.2, -0.15) is 5.26 Å². The van der Waals surface area contributed by atoms with E-state index >= 15 is 0 Å². The molecule has 0 saturated carbocycles. The van der Waals surface area contributed by atoms with Crippen molar-refractivity contribution in [3.05, 3.63) is 23.0 Å². The molecule has 80 valence electrons. The molecule has 0 aromatic carbocycles. The zero-order chi connectivity index (χ0) is 11.4. The molecule has 0 amide bonds. The van der Waals surface area contributed by atoms with Crippen molar-refractivity contribution in [2.24, 2.45) is 0 Å². The number of nitriles is 1. The third kappa shape index (κ3) is 2.34. The molecule has 0 spiro atoms. The summed E-state index contributed by atoms with van der Waals surface area (Å²) in [6, 6.07) is 1.84. The Morgan fingerprint density at radius 3 is 2.73 bits per heavy atom. The lowest BCUT2D eigenvalue weighted by molar-refractivity contribution is 0.151. The van der Waals surface area contributed by atoms with E-state index in [9.17, 15) is 8.78 Å². The second kappa shape index (κ2) is 4.89. The first-order valence-electron chi connectivity index (χ1n) is 4.09. The Morgan fingerprint density at radius 1 is 1.60 bits per heavy atom. The molecule has 2 N–H and O–H groups in total. The van der Waals surface area contributed by atoms with E-state index < -0.39 is 6.43 Å². The maximum absolute atomic E-state index is 12.6. The van der Waals surface area contributed by atoms with E-state index in [2.05, 4.69) is 4.98 Å². The minimum atomic E-state index is -2.71. The maximum Gasteiger partial charge on any atom is 0.266 e. The Bertz CT molecular complexity index is 401. The Kier molecular flexibility index (Phi) is 3.81. The van der Waals surface area contributed by atoms with Gasteiger partial charge in [-0.15, -0.1) is 11.6 Å². The lowest BCUT2D eigenvalue weighted by atomic mass is 10.1. The summed E-state index contributed by atoms with van der Waals surface area (Å²) in [4.78, 5) is 3.82. The minimum Gasteiger partial charge on any atom is -0.397 e. The van der Waals surface area contributed by atoms with Gasteiger partial charge >= 0.3 is 0 Å². The van der Waals surface area contributed by atoms with E-state index in [1.165, 1.54) is 0 Å². The summed E-state index contributed by atoms with van der Waals surface area (Å²) in [5, 5.41) is 8.49. The summed E-state index contributed by atoms with van der Waals surface area (Å²) in [6.45, 7) is 0. The number of halogens is 3. The lowest BCUT2D eigenvalue weighted by Crippen LogP contribution is -2.06. The van der Waals surface area contributed by atoms with Crippen LogP contribution in [0, 0.1) is 11.3 Å². The SMILES string of the molecule is N#CCc1ncc(N)c(C(F)F)c1CCl. The largest absolute Gasteiger partial charge is 0.397 e. The Balaban J connectivity index is 3.34. The van der Waals surface area contributed by atoms with Crippen LogP contribution < -0.4 is 5.73 Å². The molecule has 0 radical (unpaired) electrons. The molecule has 1 heterocycles. The third-order valence-electron chi connectivity index (χ3n) is 1.94. The monoisotopic (exact) mass is 231 g/mol. The molecule has 15 heavy (non-hydrogen) atoms. The number of alkyl halides is 3. The first-order valence-corrected chi connectivity index (χ1v) is 4.62. The predicted molar refractivity (Wildman–Crippen MR) is 52.5 cm³/mol. The van der Waals surface area contributed by atoms with Crippen molar-refractivity contribution in [3.63, 3.8) is 0 Å². The molecule has 6 heteroatoms. The van der Waals surface area contributed by atoms with Gasteiger partial charge in [-0.3, -0.25) is 4.98 Å². The smallest absolute Gasteiger partial charge is 0.266 e. The van der Waals surface area contributed by atoms with Gasteiger partial charge in [-0.1, -0.05) is 0 Å². The topological polar surface area (TPSA) is 62.7 Å². The fourth-order valence-corrected chi connectivity index (χ4v) is 1.56. The normalized spacial score (nSPS) is 10.3. The lowest BCUT2D eigenvalue weighted by Gasteiger charge is -2.11. The van der Waals surface area contributed by atoms with E-state index in [1.54, 1.807) is 0 Å². The molecular weight excluding hydrogens is 224 g/mol. The van der Waals surface area contributed by atoms with Crippen molar-refractivity contribution in [3.8, 4) is 6.07 Å². The average Bonchev–Trinajstić information content (AvgIpc) is 2.19. The molecule has 0 fully saturated rings. The van der Waals surface area contributed by atoms with Crippen molar-refractivity contribution >= 4 is 17.3 Å². The van der Waals surface area contributed by atoms with E-state index in [0.29, 0.717) is 0 Å². The number of rotatable bonds is 3. The highest BCUT2D eigenvalue weighted by molar-refractivity contribution is 6.17. The molecule has 3 nitrogen and oxygen atoms in total. The van der Waals surface area contributed by atoms with E-state index in [4.69, 9.17) is 22.6 Å². The number of anilines is 1. The van der Waals surface area contributed by atoms with Crippen molar-refractivity contribution < 1.29 is 8.78 Å². The molecular formula is C9H8ClF2N3. The molecule has 1 aromatic rings. The van der Waals surface area contributed by atoms with Gasteiger partial charge in [0, 0.05) is 17.0 Å². The van der Waals surface area contributed by atoms with Crippen LogP contribution in [-0.2, 0) is 12.3 Å². The molecule has 0 bridgehead atoms. The summed E-state index contributed by atoms with van der Waals surface area (Å²) < 4.78 is 25.3. The number of aromatic nitrogens is 1. The molecule has 0 aliphatic rings. The molecule has 1 rings (SSSR count). The van der Waals surface area contributed by atoms with Gasteiger partial charge in [0.15, 0.2) is 0 Å². The van der Waals surface area contributed by atoms with Gasteiger partial charge in [0.05, 0.1) is 30.1 Å². The van der Waals surface area contributed by atoms with Gasteiger partial charge < -0.3 is 5.73 Å². The van der Waals surface area contributed by atoms with Crippen LogP contribution in [0.25, 0.3) is 0 Å². The van der Waals surface area contributed by atoms with E-state index in [1.807, 2.05) is 6.07 Å². The Hall–Kier alpha value is -1.41. The summed E-state index contributed by atoms with van der Waals surface area (Å²) >= 11 is 5.55. The number of nitrogen functional groups attached to an aromatic ring is 1. The zero-order valence-corrected chi connectivity index (χ0v) is 8.43. The number of nitrogens with two attached hydrogens (primary N) is 1. The van der Waals surface area contributed by atoms with Crippen LogP contribution in [0.3, 0.4) is 0 Å². The van der Waals surface area contributed by atoms with Gasteiger partial charge in [0.1, 0.15) is 0 Å². The van der Waals surface area contributed by atoms with Gasteiger partial charge in [-0.25, -0.2) is 8.78 Å². The fraction of sp³-hybridized carbons (Fsp3) is 0.333. The van der Waals surface area contributed by atoms with Crippen molar-refractivity contribution in [1.82, 2.24) is 4.98 Å². The summed E-state index contributed by atoms with van der Waals surface area (Å²) in [5.74, 6) is -0.130. The van der Waals surface area contributed by atoms with Crippen LogP contribution in [0.15, 0.2) is 6.20 Å². The van der Waals surface area contributed by atoms with Crippen molar-refractivity contribution in [2.75, 3.05) is 5.73 Å². The van der Waals surface area contributed by atoms with Gasteiger partial charge in [-0.05, 0) is 0 Å². The van der Waals surface area contributed by atoms with Crippen LogP contribution in [-0.4, -0.2) is 4.98 Å². The van der Waals surface area contributed by atoms with Crippen molar-refractivity contribution in [1.29, 1.82) is 5.26 Å². The van der Waals surface area contributed by atoms with Crippen LogP contribution in [0.1, 0.15) is 23.2 Å². The number of pyridine rings is 1. The Morgan fingerprint density at radius 2 is 2.27 bits per heavy atom. The van der Waals surface area contributed by atoms with Crippen LogP contribution in [0.4, 0.5) is 14.5 Å². The second-order valence-corrected chi connectivity index (χ2v) is 3.09. The van der Waals surface area contributed by atoms with E-state index in [-0.39, 0.29) is 34.8 Å². The molecule has 0 atom stereocenters. The zero-order valence-electron chi connectivity index (χ0n) is 7.67. The molecule has 0 saturated heterocycles. The first kappa shape index (κ1) is 11.7. The molecule has 1 aromatic heterocycles. The molecule has 0 aliphatic heterocycles. The van der Waals surface area contributed by atoms with E-state index in [0.717, 1.165) is 6.20 Å². The quantitative estimate of drug-likeness (QED) is 0.813. The van der Waals surface area contributed by atoms with Gasteiger partial charge in [0.25, 0.3) is 6.43 Å². The molecule has 0 unspecified atom stereocenters. The van der Waals surface area contributed by atoms with Gasteiger partial charge in [0.2, 0.25) is 0 Å². The summed E-state index contributed by atoms with van der Waals surface area (Å²) in [6.07, 6.45) is -1.63. The Labute approximate surface area is 90.5 Å². The van der Waals surface area contributed by atoms with Crippen LogP contribution in [0.5, 0.6) is 0 Å². The highest BCUT2D eigenvalue weighted by Crippen LogP contribution is 2.30. The minimum absolute atomic E-state index is 0.0535. The highest BCUT2D eigenvalue weighted by Gasteiger charge is 2.19. The summed E-state index contributed by atoms with van der Waals surface area (Å²) in [7, 11) is 0. The van der Waals surface area contributed by atoms with Crippen molar-refractivity contribution in [2.45, 2.75) is 18.7 Å².